The summed E-state index contributed by atoms with van der Waals surface area (Å²) in [6.07, 6.45) is 0.907. The molecule has 0 radical (unpaired) electrons. The summed E-state index contributed by atoms with van der Waals surface area (Å²) in [7, 11) is -0.628. The van der Waals surface area contributed by atoms with Crippen molar-refractivity contribution in [2.45, 2.75) is 30.8 Å². The zero-order chi connectivity index (χ0) is 15.3. The second-order valence-corrected chi connectivity index (χ2v) is 6.90. The van der Waals surface area contributed by atoms with Crippen molar-refractivity contribution in [1.82, 2.24) is 4.31 Å². The minimum absolute atomic E-state index is 0.0866. The first-order chi connectivity index (χ1) is 9.30. The number of nitrogens with one attached hydrogen (secondary N) is 1. The van der Waals surface area contributed by atoms with Crippen LogP contribution in [0.25, 0.3) is 0 Å². The molecule has 1 rings (SSSR count). The van der Waals surface area contributed by atoms with Gasteiger partial charge in [0.15, 0.2) is 0 Å². The Balaban J connectivity index is 2.91. The number of hydrogen-bond donors (Lipinski definition) is 3. The molecule has 114 valence electrons. The van der Waals surface area contributed by atoms with Crippen LogP contribution in [0.5, 0.6) is 0 Å². The number of anilines is 2. The third-order valence-corrected chi connectivity index (χ3v) is 4.96. The molecule has 0 aliphatic rings. The van der Waals surface area contributed by atoms with Gasteiger partial charge in [-0.2, -0.15) is 0 Å². The number of benzene rings is 1. The van der Waals surface area contributed by atoms with Crippen molar-refractivity contribution in [3.8, 4) is 0 Å². The number of rotatable bonds is 7. The molecule has 20 heavy (non-hydrogen) atoms. The molecule has 0 bridgehead atoms. The summed E-state index contributed by atoms with van der Waals surface area (Å²) in [6.45, 7) is 2.44. The highest BCUT2D eigenvalue weighted by Gasteiger charge is 2.21. The van der Waals surface area contributed by atoms with E-state index in [0.29, 0.717) is 25.1 Å². The highest BCUT2D eigenvalue weighted by Crippen LogP contribution is 2.28. The van der Waals surface area contributed by atoms with E-state index in [1.54, 1.807) is 12.1 Å². The number of nitrogens with two attached hydrogens (primary N) is 1. The molecule has 0 aliphatic carbocycles. The van der Waals surface area contributed by atoms with Gasteiger partial charge >= 0.3 is 0 Å². The average Bonchev–Trinajstić information content (AvgIpc) is 2.40. The molecule has 6 nitrogen and oxygen atoms in total. The quantitative estimate of drug-likeness (QED) is 0.655. The number of para-hydroxylation sites is 1. The first kappa shape index (κ1) is 16.7. The molecule has 0 saturated heterocycles. The van der Waals surface area contributed by atoms with E-state index in [9.17, 15) is 13.5 Å². The topological polar surface area (TPSA) is 95.7 Å². The zero-order valence-electron chi connectivity index (χ0n) is 12.1. The molecule has 0 spiro atoms. The van der Waals surface area contributed by atoms with Crippen LogP contribution >= 0.6 is 0 Å². The van der Waals surface area contributed by atoms with Crippen molar-refractivity contribution in [3.05, 3.63) is 18.2 Å². The maximum atomic E-state index is 12.1. The monoisotopic (exact) mass is 301 g/mol. The normalized spacial score (nSPS) is 13.4. The van der Waals surface area contributed by atoms with Crippen LogP contribution < -0.4 is 11.1 Å². The Hall–Kier alpha value is -1.31. The molecule has 1 aromatic carbocycles. The third kappa shape index (κ3) is 3.84. The number of nitrogen functional groups attached to an aromatic ring is 1. The molecular formula is C13H23N3O3S. The minimum Gasteiger partial charge on any atom is -0.396 e. The van der Waals surface area contributed by atoms with E-state index in [1.165, 1.54) is 20.2 Å². The molecule has 1 atom stereocenters. The smallest absolute Gasteiger partial charge is 0.244 e. The van der Waals surface area contributed by atoms with Gasteiger partial charge in [0.1, 0.15) is 4.90 Å². The lowest BCUT2D eigenvalue weighted by atomic mass is 10.2. The van der Waals surface area contributed by atoms with Gasteiger partial charge < -0.3 is 16.2 Å². The molecule has 0 amide bonds. The summed E-state index contributed by atoms with van der Waals surface area (Å²) in [4.78, 5) is 0.0866. The first-order valence-electron chi connectivity index (χ1n) is 6.53. The lowest BCUT2D eigenvalue weighted by Crippen LogP contribution is -2.23. The number of sulfonamides is 1. The van der Waals surface area contributed by atoms with Crippen LogP contribution in [0.3, 0.4) is 0 Å². The van der Waals surface area contributed by atoms with E-state index < -0.39 is 10.0 Å². The van der Waals surface area contributed by atoms with E-state index in [2.05, 4.69) is 5.32 Å². The molecule has 0 saturated carbocycles. The van der Waals surface area contributed by atoms with Crippen molar-refractivity contribution >= 4 is 21.4 Å². The van der Waals surface area contributed by atoms with Gasteiger partial charge in [-0.15, -0.1) is 0 Å². The predicted molar refractivity (Wildman–Crippen MR) is 81.1 cm³/mol. The number of aliphatic hydroxyl groups excluding tert-OH is 1. The Bertz CT molecular complexity index is 544. The van der Waals surface area contributed by atoms with Crippen molar-refractivity contribution < 1.29 is 13.5 Å². The minimum atomic E-state index is -3.56. The first-order valence-corrected chi connectivity index (χ1v) is 7.97. The highest BCUT2D eigenvalue weighted by molar-refractivity contribution is 7.89. The van der Waals surface area contributed by atoms with Gasteiger partial charge in [-0.1, -0.05) is 13.0 Å². The molecule has 0 aliphatic heterocycles. The maximum absolute atomic E-state index is 12.1. The Morgan fingerprint density at radius 3 is 2.60 bits per heavy atom. The average molecular weight is 301 g/mol. The van der Waals surface area contributed by atoms with Gasteiger partial charge in [0.2, 0.25) is 10.0 Å². The van der Waals surface area contributed by atoms with E-state index in [4.69, 9.17) is 5.73 Å². The van der Waals surface area contributed by atoms with Gasteiger partial charge in [0, 0.05) is 20.6 Å². The largest absolute Gasteiger partial charge is 0.396 e. The summed E-state index contributed by atoms with van der Waals surface area (Å²) in [5.41, 5.74) is 6.69. The highest BCUT2D eigenvalue weighted by atomic mass is 32.2. The number of aliphatic hydroxyl groups is 1. The number of nitrogens with zero attached hydrogens (tertiary/aromatic N) is 1. The van der Waals surface area contributed by atoms with Crippen molar-refractivity contribution in [3.63, 3.8) is 0 Å². The van der Waals surface area contributed by atoms with E-state index in [1.807, 2.05) is 6.92 Å². The van der Waals surface area contributed by atoms with Crippen LogP contribution in [0.1, 0.15) is 19.8 Å². The Morgan fingerprint density at radius 1 is 1.40 bits per heavy atom. The van der Waals surface area contributed by atoms with Crippen molar-refractivity contribution in [1.29, 1.82) is 0 Å². The molecule has 1 unspecified atom stereocenters. The summed E-state index contributed by atoms with van der Waals surface area (Å²) in [5, 5.41) is 12.5. The SMILES string of the molecule is CCC(O)CCNc1cccc(S(=O)(=O)N(C)C)c1N. The van der Waals surface area contributed by atoms with Crippen molar-refractivity contribution in [2.24, 2.45) is 0 Å². The zero-order valence-corrected chi connectivity index (χ0v) is 12.9. The summed E-state index contributed by atoms with van der Waals surface area (Å²) >= 11 is 0. The second-order valence-electron chi connectivity index (χ2n) is 4.78. The lowest BCUT2D eigenvalue weighted by molar-refractivity contribution is 0.164. The third-order valence-electron chi connectivity index (χ3n) is 3.09. The fourth-order valence-corrected chi connectivity index (χ4v) is 2.73. The Morgan fingerprint density at radius 2 is 2.05 bits per heavy atom. The molecule has 0 heterocycles. The summed E-state index contributed by atoms with van der Waals surface area (Å²) in [5.74, 6) is 0. The standard InChI is InChI=1S/C13H23N3O3S/c1-4-10(17)8-9-15-11-6-5-7-12(13(11)14)20(18,19)16(2)3/h5-7,10,15,17H,4,8-9,14H2,1-3H3. The molecule has 0 aromatic heterocycles. The summed E-state index contributed by atoms with van der Waals surface area (Å²) in [6, 6.07) is 4.85. The van der Waals surface area contributed by atoms with Crippen LogP contribution in [0.2, 0.25) is 0 Å². The second kappa shape index (κ2) is 6.92. The van der Waals surface area contributed by atoms with E-state index in [0.717, 1.165) is 4.31 Å². The van der Waals surface area contributed by atoms with E-state index in [-0.39, 0.29) is 16.7 Å². The van der Waals surface area contributed by atoms with Crippen LogP contribution in [-0.2, 0) is 10.0 Å². The molecular weight excluding hydrogens is 278 g/mol. The molecule has 0 fully saturated rings. The fourth-order valence-electron chi connectivity index (χ4n) is 1.70. The van der Waals surface area contributed by atoms with Crippen LogP contribution in [0, 0.1) is 0 Å². The fraction of sp³-hybridized carbons (Fsp3) is 0.538. The van der Waals surface area contributed by atoms with Gasteiger partial charge in [-0.25, -0.2) is 12.7 Å². The maximum Gasteiger partial charge on any atom is 0.244 e. The van der Waals surface area contributed by atoms with E-state index >= 15 is 0 Å². The molecule has 7 heteroatoms. The van der Waals surface area contributed by atoms with Crippen molar-refractivity contribution in [2.75, 3.05) is 31.7 Å². The van der Waals surface area contributed by atoms with Gasteiger partial charge in [-0.3, -0.25) is 0 Å². The Labute approximate surface area is 120 Å². The number of hydrogen-bond acceptors (Lipinski definition) is 5. The van der Waals surface area contributed by atoms with Crippen LogP contribution in [0.15, 0.2) is 23.1 Å². The molecule has 4 N–H and O–H groups in total. The van der Waals surface area contributed by atoms with Gasteiger partial charge in [0.05, 0.1) is 17.5 Å². The summed E-state index contributed by atoms with van der Waals surface area (Å²) < 4.78 is 25.4. The predicted octanol–water partition coefficient (Wildman–Crippen LogP) is 1.09. The Kier molecular flexibility index (Phi) is 5.79. The molecule has 1 aromatic rings. The van der Waals surface area contributed by atoms with Gasteiger partial charge in [0.25, 0.3) is 0 Å². The van der Waals surface area contributed by atoms with Crippen LogP contribution in [-0.4, -0.2) is 44.6 Å². The van der Waals surface area contributed by atoms with Crippen LogP contribution in [0.4, 0.5) is 11.4 Å². The van der Waals surface area contributed by atoms with Gasteiger partial charge in [-0.05, 0) is 25.0 Å². The lowest BCUT2D eigenvalue weighted by Gasteiger charge is -2.17.